The van der Waals surface area contributed by atoms with Crippen LogP contribution in [0.5, 0.6) is 0 Å². The molecule has 7 aromatic rings. The summed E-state index contributed by atoms with van der Waals surface area (Å²) < 4.78 is 325. The predicted octanol–water partition coefficient (Wildman–Crippen LogP) is 18.3. The Kier molecular flexibility index (Phi) is 10.1. The van der Waals surface area contributed by atoms with E-state index in [-0.39, 0.29) is 24.3 Å². The van der Waals surface area contributed by atoms with Gasteiger partial charge >= 0.3 is 20.4 Å². The molecule has 0 saturated heterocycles. The number of aromatic amines is 2. The van der Waals surface area contributed by atoms with Gasteiger partial charge in [-0.1, -0.05) is 38.9 Å². The zero-order chi connectivity index (χ0) is 52.9. The second kappa shape index (κ2) is 14.6. The Labute approximate surface area is 385 Å². The van der Waals surface area contributed by atoms with Gasteiger partial charge in [0.15, 0.2) is 46.5 Å². The van der Waals surface area contributed by atoms with Crippen LogP contribution in [-0.4, -0.2) is 19.9 Å². The lowest BCUT2D eigenvalue weighted by atomic mass is 10.0. The zero-order valence-corrected chi connectivity index (χ0v) is 35.7. The van der Waals surface area contributed by atoms with Crippen molar-refractivity contribution in [1.82, 2.24) is 19.9 Å². The zero-order valence-electron chi connectivity index (χ0n) is 34.1. The van der Waals surface area contributed by atoms with E-state index in [0.29, 0.717) is 48.6 Å². The van der Waals surface area contributed by atoms with Crippen molar-refractivity contribution in [2.75, 3.05) is 0 Å². The number of benzene rings is 4. The van der Waals surface area contributed by atoms with Crippen LogP contribution in [0.25, 0.3) is 90.9 Å². The van der Waals surface area contributed by atoms with Crippen molar-refractivity contribution < 1.29 is 91.5 Å². The fourth-order valence-electron chi connectivity index (χ4n) is 7.85. The summed E-state index contributed by atoms with van der Waals surface area (Å²) in [5.74, 6) is -30.4. The van der Waals surface area contributed by atoms with Gasteiger partial charge in [-0.25, -0.2) is 62.7 Å². The SMILES string of the molecule is Fc1cc(-c2c3nc(c(-c4c(F)c(F)c(F)c(F)c4F)c4ccc([nH]4)c(-c4cc(F)cc(S(F)(F)(F)(F)F)c4)c4nc(c(-c5c(F)c(F)c(F)c(F)c5F)c5ccc2[nH]5)C=C4)C=C3)cc(S(F)(F)(F)(F)F)c1. The highest BCUT2D eigenvalue weighted by Gasteiger charge is 2.66. The number of fused-ring (bicyclic) bond motifs is 8. The first-order valence-corrected chi connectivity index (χ1v) is 23.1. The molecule has 2 aliphatic heterocycles. The number of hydrogen-bond acceptors (Lipinski definition) is 2. The van der Waals surface area contributed by atoms with E-state index in [2.05, 4.69) is 19.9 Å². The molecule has 378 valence electrons. The van der Waals surface area contributed by atoms with Gasteiger partial charge in [0, 0.05) is 44.3 Å². The van der Waals surface area contributed by atoms with Gasteiger partial charge in [-0.05, 0) is 96.1 Å². The Morgan fingerprint density at radius 2 is 0.542 bits per heavy atom. The van der Waals surface area contributed by atoms with E-state index in [1.165, 1.54) is 0 Å². The summed E-state index contributed by atoms with van der Waals surface area (Å²) >= 11 is 0. The Hall–Kier alpha value is -7.36. The number of rotatable bonds is 6. The highest BCUT2D eigenvalue weighted by molar-refractivity contribution is 8.46. The van der Waals surface area contributed by atoms with Gasteiger partial charge in [0.1, 0.15) is 21.4 Å². The fraction of sp³-hybridized carbons (Fsp3) is 0. The largest absolute Gasteiger partial charge is 0.354 e. The van der Waals surface area contributed by atoms with Crippen LogP contribution in [0.1, 0.15) is 22.8 Å². The average Bonchev–Trinajstić information content (AvgIpc) is 4.12. The molecule has 72 heavy (non-hydrogen) atoms. The Morgan fingerprint density at radius 1 is 0.292 bits per heavy atom. The maximum absolute atomic E-state index is 15.9. The molecule has 0 spiro atoms. The minimum Gasteiger partial charge on any atom is -0.354 e. The maximum atomic E-state index is 15.9. The van der Waals surface area contributed by atoms with Gasteiger partial charge in [0.25, 0.3) is 0 Å². The molecule has 2 aliphatic rings. The molecule has 5 heterocycles. The quantitative estimate of drug-likeness (QED) is 0.0990. The fourth-order valence-corrected chi connectivity index (χ4v) is 9.22. The number of aromatic nitrogens is 4. The highest BCUT2D eigenvalue weighted by Crippen LogP contribution is 3.03. The van der Waals surface area contributed by atoms with Crippen LogP contribution in [0.2, 0.25) is 0 Å². The summed E-state index contributed by atoms with van der Waals surface area (Å²) in [5.41, 5.74) is -17.7. The van der Waals surface area contributed by atoms with Crippen molar-refractivity contribution >= 4 is 66.8 Å². The van der Waals surface area contributed by atoms with E-state index in [9.17, 15) is 65.2 Å². The van der Waals surface area contributed by atoms with E-state index < -0.39 is 202 Å². The number of nitrogens with zero attached hydrogens (tertiary/aromatic N) is 2. The molecule has 2 N–H and O–H groups in total. The first-order valence-electron chi connectivity index (χ1n) is 19.2. The smallest absolute Gasteiger partial charge is 0.310 e. The molecule has 0 atom stereocenters. The summed E-state index contributed by atoms with van der Waals surface area (Å²) in [6, 6.07) is 1.22. The van der Waals surface area contributed by atoms with Crippen molar-refractivity contribution in [3.8, 4) is 44.5 Å². The number of H-pyrrole nitrogens is 2. The highest BCUT2D eigenvalue weighted by atomic mass is 32.5. The normalized spacial score (nSPS) is 14.9. The summed E-state index contributed by atoms with van der Waals surface area (Å²) in [4.78, 5) is 6.90. The van der Waals surface area contributed by atoms with Crippen LogP contribution in [0, 0.1) is 69.8 Å². The number of hydrogen-bond donors (Lipinski definition) is 2. The molecular weight excluding hydrogens is 1070 g/mol. The maximum Gasteiger partial charge on any atom is 0.310 e. The molecule has 0 fully saturated rings. The molecule has 0 amide bonds. The van der Waals surface area contributed by atoms with Crippen molar-refractivity contribution in [2.24, 2.45) is 0 Å². The third-order valence-corrected chi connectivity index (χ3v) is 13.1. The Morgan fingerprint density at radius 3 is 0.819 bits per heavy atom. The Balaban J connectivity index is 1.57. The van der Waals surface area contributed by atoms with E-state index in [1.54, 1.807) is 0 Å². The summed E-state index contributed by atoms with van der Waals surface area (Å²) in [5, 5.41) is 0. The molecular formula is C44H16F22N4S2. The van der Waals surface area contributed by atoms with Crippen molar-refractivity contribution in [3.63, 3.8) is 0 Å². The minimum atomic E-state index is -10.9. The van der Waals surface area contributed by atoms with Crippen LogP contribution >= 0.6 is 20.4 Å². The van der Waals surface area contributed by atoms with Gasteiger partial charge < -0.3 is 9.97 Å². The van der Waals surface area contributed by atoms with Gasteiger partial charge in [-0.3, -0.25) is 0 Å². The lowest BCUT2D eigenvalue weighted by molar-refractivity contribution is 0.359. The lowest BCUT2D eigenvalue weighted by Gasteiger charge is -2.40. The summed E-state index contributed by atoms with van der Waals surface area (Å²) in [7, 11) is -21.7. The van der Waals surface area contributed by atoms with E-state index in [0.717, 1.165) is 0 Å². The molecule has 0 saturated carbocycles. The minimum absolute atomic E-state index is 0.187. The van der Waals surface area contributed by atoms with Crippen LogP contribution < -0.4 is 0 Å². The van der Waals surface area contributed by atoms with Gasteiger partial charge in [-0.15, -0.1) is 0 Å². The second-order valence-corrected chi connectivity index (χ2v) is 20.5. The van der Waals surface area contributed by atoms with Crippen molar-refractivity contribution in [3.05, 3.63) is 153 Å². The first kappa shape index (κ1) is 49.6. The summed E-state index contributed by atoms with van der Waals surface area (Å²) in [6.45, 7) is 0. The van der Waals surface area contributed by atoms with E-state index >= 15 is 26.3 Å². The predicted molar refractivity (Wildman–Crippen MR) is 223 cm³/mol. The third-order valence-electron chi connectivity index (χ3n) is 10.9. The van der Waals surface area contributed by atoms with Crippen LogP contribution in [0.4, 0.5) is 91.5 Å². The van der Waals surface area contributed by atoms with E-state index in [4.69, 9.17) is 0 Å². The number of nitrogens with one attached hydrogen (secondary N) is 2. The van der Waals surface area contributed by atoms with Gasteiger partial charge in [-0.2, -0.15) is 0 Å². The second-order valence-electron chi connectivity index (χ2n) is 15.7. The molecule has 0 radical (unpaired) electrons. The molecule has 8 bridgehead atoms. The topological polar surface area (TPSA) is 57.4 Å². The summed E-state index contributed by atoms with van der Waals surface area (Å²) in [6.07, 6.45) is 2.64. The molecule has 0 unspecified atom stereocenters. The third kappa shape index (κ3) is 8.37. The van der Waals surface area contributed by atoms with Crippen molar-refractivity contribution in [2.45, 2.75) is 9.79 Å². The first-order chi connectivity index (χ1) is 32.9. The monoisotopic (exact) mass is 1080 g/mol. The molecule has 3 aromatic heterocycles. The van der Waals surface area contributed by atoms with Crippen LogP contribution in [0.3, 0.4) is 0 Å². The van der Waals surface area contributed by atoms with Crippen molar-refractivity contribution in [1.29, 1.82) is 0 Å². The standard InChI is InChI=1S/C44H16F22N4S2/c45-17-9-15(11-19(13-17)71(57,58,59,60)61)29-21-1-5-25(67-21)31(33-35(47)39(51)43(55)40(52)36(33)48)26-7-3-23(69-26)30(16-10-18(46)14-20(12-16)72(62,63,64,65)66)24-4-8-28(70-24)32(27-6-2-22(29)68-27)34-37(49)41(53)44(56)42(54)38(34)50/h1-14,67,70H. The van der Waals surface area contributed by atoms with Crippen LogP contribution in [0.15, 0.2) is 70.5 Å². The molecule has 9 rings (SSSR count). The Bertz CT molecular complexity index is 3550. The molecule has 4 aromatic carbocycles. The lowest BCUT2D eigenvalue weighted by Crippen LogP contribution is -2.07. The molecule has 28 heteroatoms. The van der Waals surface area contributed by atoms with Gasteiger partial charge in [0.05, 0.1) is 33.9 Å². The van der Waals surface area contributed by atoms with E-state index in [1.807, 2.05) is 0 Å². The molecule has 4 nitrogen and oxygen atoms in total. The number of halogens is 22. The molecule has 0 aliphatic carbocycles. The van der Waals surface area contributed by atoms with Gasteiger partial charge in [0.2, 0.25) is 11.6 Å². The van der Waals surface area contributed by atoms with Crippen LogP contribution in [-0.2, 0) is 0 Å². The average molecular weight is 1080 g/mol.